The van der Waals surface area contributed by atoms with Crippen molar-refractivity contribution in [2.75, 3.05) is 31.7 Å². The lowest BCUT2D eigenvalue weighted by atomic mass is 10.1. The van der Waals surface area contributed by atoms with Gasteiger partial charge in [-0.1, -0.05) is 12.1 Å². The SMILES string of the molecule is Cc1cccc(C(=O)O)c1NCCCOCCO. The summed E-state index contributed by atoms with van der Waals surface area (Å²) in [5.74, 6) is -0.933. The van der Waals surface area contributed by atoms with E-state index >= 15 is 0 Å². The number of aryl methyl sites for hydroxylation is 1. The molecule has 0 amide bonds. The van der Waals surface area contributed by atoms with Crippen molar-refractivity contribution < 1.29 is 19.7 Å². The zero-order valence-corrected chi connectivity index (χ0v) is 10.5. The van der Waals surface area contributed by atoms with Crippen LogP contribution in [0, 0.1) is 6.92 Å². The molecule has 0 aromatic heterocycles. The Hall–Kier alpha value is -1.59. The van der Waals surface area contributed by atoms with Crippen molar-refractivity contribution in [3.05, 3.63) is 29.3 Å². The van der Waals surface area contributed by atoms with Gasteiger partial charge in [-0.3, -0.25) is 0 Å². The van der Waals surface area contributed by atoms with Crippen LogP contribution in [0.2, 0.25) is 0 Å². The van der Waals surface area contributed by atoms with Crippen molar-refractivity contribution in [1.82, 2.24) is 0 Å². The molecule has 0 saturated carbocycles. The highest BCUT2D eigenvalue weighted by Crippen LogP contribution is 2.20. The molecular weight excluding hydrogens is 234 g/mol. The molecule has 3 N–H and O–H groups in total. The first kappa shape index (κ1) is 14.5. The molecule has 1 aromatic carbocycles. The van der Waals surface area contributed by atoms with Gasteiger partial charge in [0.25, 0.3) is 0 Å². The summed E-state index contributed by atoms with van der Waals surface area (Å²) in [6.45, 7) is 3.41. The molecule has 0 saturated heterocycles. The van der Waals surface area contributed by atoms with Crippen LogP contribution < -0.4 is 5.32 Å². The number of carbonyl (C=O) groups is 1. The predicted molar refractivity (Wildman–Crippen MR) is 69.1 cm³/mol. The lowest BCUT2D eigenvalue weighted by molar-refractivity contribution is 0.0698. The minimum Gasteiger partial charge on any atom is -0.478 e. The van der Waals surface area contributed by atoms with Crippen LogP contribution in [0.3, 0.4) is 0 Å². The smallest absolute Gasteiger partial charge is 0.337 e. The molecule has 0 atom stereocenters. The van der Waals surface area contributed by atoms with Gasteiger partial charge in [-0.15, -0.1) is 0 Å². The van der Waals surface area contributed by atoms with E-state index in [9.17, 15) is 4.79 Å². The number of carboxylic acid groups (broad SMARTS) is 1. The first-order valence-corrected chi connectivity index (χ1v) is 5.92. The molecule has 100 valence electrons. The molecule has 5 nitrogen and oxygen atoms in total. The Kier molecular flexibility index (Phi) is 6.18. The number of carboxylic acids is 1. The fourth-order valence-corrected chi connectivity index (χ4v) is 1.63. The van der Waals surface area contributed by atoms with Crippen LogP contribution in [-0.2, 0) is 4.74 Å². The minimum atomic E-state index is -0.933. The summed E-state index contributed by atoms with van der Waals surface area (Å²) in [5.41, 5.74) is 1.85. The van der Waals surface area contributed by atoms with Crippen molar-refractivity contribution in [2.45, 2.75) is 13.3 Å². The Morgan fingerprint density at radius 3 is 2.83 bits per heavy atom. The van der Waals surface area contributed by atoms with Crippen LogP contribution in [-0.4, -0.2) is 42.5 Å². The number of para-hydroxylation sites is 1. The molecule has 0 bridgehead atoms. The molecular formula is C13H19NO4. The molecule has 0 aliphatic carbocycles. The van der Waals surface area contributed by atoms with Crippen molar-refractivity contribution in [2.24, 2.45) is 0 Å². The first-order chi connectivity index (χ1) is 8.66. The highest BCUT2D eigenvalue weighted by molar-refractivity contribution is 5.95. The number of aliphatic hydroxyl groups is 1. The number of hydrogen-bond acceptors (Lipinski definition) is 4. The van der Waals surface area contributed by atoms with Gasteiger partial charge in [0.2, 0.25) is 0 Å². The summed E-state index contributed by atoms with van der Waals surface area (Å²) < 4.78 is 5.12. The summed E-state index contributed by atoms with van der Waals surface area (Å²) >= 11 is 0. The summed E-state index contributed by atoms with van der Waals surface area (Å²) in [6.07, 6.45) is 0.757. The molecule has 18 heavy (non-hydrogen) atoms. The minimum absolute atomic E-state index is 0.0222. The van der Waals surface area contributed by atoms with E-state index in [0.29, 0.717) is 25.4 Å². The second-order valence-corrected chi connectivity index (χ2v) is 3.92. The first-order valence-electron chi connectivity index (χ1n) is 5.92. The van der Waals surface area contributed by atoms with Gasteiger partial charge >= 0.3 is 5.97 Å². The Balaban J connectivity index is 2.48. The second-order valence-electron chi connectivity index (χ2n) is 3.92. The molecule has 0 heterocycles. The van der Waals surface area contributed by atoms with Crippen molar-refractivity contribution in [3.63, 3.8) is 0 Å². The number of ether oxygens (including phenoxy) is 1. The van der Waals surface area contributed by atoms with Crippen LogP contribution in [0.15, 0.2) is 18.2 Å². The van der Waals surface area contributed by atoms with Crippen molar-refractivity contribution in [1.29, 1.82) is 0 Å². The lowest BCUT2D eigenvalue weighted by Crippen LogP contribution is -2.11. The average molecular weight is 253 g/mol. The van der Waals surface area contributed by atoms with Crippen LogP contribution >= 0.6 is 0 Å². The number of benzene rings is 1. The Bertz CT molecular complexity index is 393. The zero-order chi connectivity index (χ0) is 13.4. The predicted octanol–water partition coefficient (Wildman–Crippen LogP) is 1.50. The van der Waals surface area contributed by atoms with Crippen LogP contribution in [0.4, 0.5) is 5.69 Å². The van der Waals surface area contributed by atoms with Gasteiger partial charge in [0, 0.05) is 13.2 Å². The van der Waals surface area contributed by atoms with Gasteiger partial charge in [-0.2, -0.15) is 0 Å². The Morgan fingerprint density at radius 2 is 2.17 bits per heavy atom. The third kappa shape index (κ3) is 4.35. The monoisotopic (exact) mass is 253 g/mol. The summed E-state index contributed by atoms with van der Waals surface area (Å²) in [5, 5.41) is 20.7. The molecule has 5 heteroatoms. The van der Waals surface area contributed by atoms with Gasteiger partial charge in [0.1, 0.15) is 0 Å². The average Bonchev–Trinajstić information content (AvgIpc) is 2.34. The fourth-order valence-electron chi connectivity index (χ4n) is 1.63. The zero-order valence-electron chi connectivity index (χ0n) is 10.5. The van der Waals surface area contributed by atoms with Gasteiger partial charge < -0.3 is 20.3 Å². The van der Waals surface area contributed by atoms with E-state index in [0.717, 1.165) is 12.0 Å². The quantitative estimate of drug-likeness (QED) is 0.612. The van der Waals surface area contributed by atoms with Crippen molar-refractivity contribution in [3.8, 4) is 0 Å². The number of nitrogens with one attached hydrogen (secondary N) is 1. The van der Waals surface area contributed by atoms with E-state index in [-0.39, 0.29) is 12.2 Å². The number of hydrogen-bond donors (Lipinski definition) is 3. The maximum absolute atomic E-state index is 11.1. The second kappa shape index (κ2) is 7.68. The van der Waals surface area contributed by atoms with Crippen LogP contribution in [0.1, 0.15) is 22.3 Å². The number of rotatable bonds is 8. The third-order valence-electron chi connectivity index (χ3n) is 2.51. The van der Waals surface area contributed by atoms with Gasteiger partial charge in [0.05, 0.1) is 24.5 Å². The van der Waals surface area contributed by atoms with Gasteiger partial charge in [-0.05, 0) is 25.0 Å². The summed E-state index contributed by atoms with van der Waals surface area (Å²) in [6, 6.07) is 5.19. The maximum Gasteiger partial charge on any atom is 0.337 e. The van der Waals surface area contributed by atoms with E-state index in [1.807, 2.05) is 13.0 Å². The van der Waals surface area contributed by atoms with Gasteiger partial charge in [-0.25, -0.2) is 4.79 Å². The fraction of sp³-hybridized carbons (Fsp3) is 0.462. The molecule has 0 aliphatic rings. The molecule has 0 fully saturated rings. The Morgan fingerprint density at radius 1 is 1.39 bits per heavy atom. The maximum atomic E-state index is 11.1. The highest BCUT2D eigenvalue weighted by atomic mass is 16.5. The molecule has 0 radical (unpaired) electrons. The number of aliphatic hydroxyl groups excluding tert-OH is 1. The van der Waals surface area contributed by atoms with E-state index < -0.39 is 5.97 Å². The third-order valence-corrected chi connectivity index (χ3v) is 2.51. The Labute approximate surface area is 106 Å². The normalized spacial score (nSPS) is 10.3. The van der Waals surface area contributed by atoms with E-state index in [2.05, 4.69) is 5.32 Å². The highest BCUT2D eigenvalue weighted by Gasteiger charge is 2.10. The molecule has 0 unspecified atom stereocenters. The number of aromatic carboxylic acids is 1. The van der Waals surface area contributed by atoms with E-state index in [1.165, 1.54) is 0 Å². The van der Waals surface area contributed by atoms with Crippen LogP contribution in [0.25, 0.3) is 0 Å². The standard InChI is InChI=1S/C13H19NO4/c1-10-4-2-5-11(13(16)17)12(10)14-6-3-8-18-9-7-15/h2,4-5,14-15H,3,6-9H2,1H3,(H,16,17). The summed E-state index contributed by atoms with van der Waals surface area (Å²) in [7, 11) is 0. The van der Waals surface area contributed by atoms with Crippen molar-refractivity contribution >= 4 is 11.7 Å². The molecule has 1 aromatic rings. The number of anilines is 1. The molecule has 0 aliphatic heterocycles. The molecule has 0 spiro atoms. The topological polar surface area (TPSA) is 78.8 Å². The molecule has 1 rings (SSSR count). The van der Waals surface area contributed by atoms with Crippen LogP contribution in [0.5, 0.6) is 0 Å². The summed E-state index contributed by atoms with van der Waals surface area (Å²) in [4.78, 5) is 11.1. The van der Waals surface area contributed by atoms with Gasteiger partial charge in [0.15, 0.2) is 0 Å². The van der Waals surface area contributed by atoms with E-state index in [4.69, 9.17) is 14.9 Å². The lowest BCUT2D eigenvalue weighted by Gasteiger charge is -2.12. The largest absolute Gasteiger partial charge is 0.478 e. The van der Waals surface area contributed by atoms with E-state index in [1.54, 1.807) is 12.1 Å².